The zero-order chi connectivity index (χ0) is 12.1. The molecule has 1 atom stereocenters. The minimum atomic E-state index is -1.49. The van der Waals surface area contributed by atoms with Gasteiger partial charge in [0.15, 0.2) is 6.10 Å². The van der Waals surface area contributed by atoms with E-state index >= 15 is 0 Å². The minimum Gasteiger partial charge on any atom is -0.479 e. The summed E-state index contributed by atoms with van der Waals surface area (Å²) in [6.45, 7) is -0.601. The quantitative estimate of drug-likeness (QED) is 0.797. The predicted molar refractivity (Wildman–Crippen MR) is 49.8 cm³/mol. The number of carboxylic acid groups (broad SMARTS) is 1. The molecule has 0 aliphatic carbocycles. The van der Waals surface area contributed by atoms with Gasteiger partial charge in [-0.3, -0.25) is 0 Å². The Labute approximate surface area is 90.1 Å². The summed E-state index contributed by atoms with van der Waals surface area (Å²) >= 11 is 0. The van der Waals surface area contributed by atoms with Crippen molar-refractivity contribution in [2.75, 3.05) is 13.2 Å². The first-order valence-electron chi connectivity index (χ1n) is 4.46. The van der Waals surface area contributed by atoms with E-state index in [1.54, 1.807) is 0 Å². The van der Waals surface area contributed by atoms with Crippen LogP contribution in [0.2, 0.25) is 0 Å². The molecule has 0 fully saturated rings. The summed E-state index contributed by atoms with van der Waals surface area (Å²) < 4.78 is 30.4. The molecule has 0 heterocycles. The van der Waals surface area contributed by atoms with Gasteiger partial charge in [0.25, 0.3) is 0 Å². The number of rotatable bonds is 5. The molecule has 0 amide bonds. The number of benzene rings is 1. The molecule has 1 unspecified atom stereocenters. The number of aliphatic hydroxyl groups is 1. The van der Waals surface area contributed by atoms with Crippen LogP contribution in [0.5, 0.6) is 0 Å². The van der Waals surface area contributed by atoms with Crippen molar-refractivity contribution in [1.29, 1.82) is 0 Å². The highest BCUT2D eigenvalue weighted by atomic mass is 19.1. The lowest BCUT2D eigenvalue weighted by Crippen LogP contribution is -2.17. The Morgan fingerprint density at radius 1 is 1.31 bits per heavy atom. The number of hydrogen-bond acceptors (Lipinski definition) is 3. The first-order chi connectivity index (χ1) is 7.54. The van der Waals surface area contributed by atoms with Gasteiger partial charge in [0, 0.05) is 6.07 Å². The van der Waals surface area contributed by atoms with Crippen molar-refractivity contribution in [1.82, 2.24) is 0 Å². The van der Waals surface area contributed by atoms with Crippen LogP contribution in [0.15, 0.2) is 18.2 Å². The van der Waals surface area contributed by atoms with E-state index in [1.165, 1.54) is 0 Å². The molecular weight excluding hydrogens is 222 g/mol. The molecular formula is C10H10F2O4. The Kier molecular flexibility index (Phi) is 4.33. The molecule has 0 saturated heterocycles. The molecule has 0 aliphatic heterocycles. The average Bonchev–Trinajstić information content (AvgIpc) is 2.16. The Hall–Kier alpha value is -1.53. The maximum atomic E-state index is 12.8. The van der Waals surface area contributed by atoms with Crippen LogP contribution in [0.4, 0.5) is 8.78 Å². The van der Waals surface area contributed by atoms with Crippen molar-refractivity contribution in [2.24, 2.45) is 0 Å². The third-order valence-electron chi connectivity index (χ3n) is 1.79. The van der Waals surface area contributed by atoms with Crippen LogP contribution in [0, 0.1) is 11.6 Å². The SMILES string of the molecule is O=C(O)C(OCCO)c1cc(F)cc(F)c1. The molecule has 0 spiro atoms. The number of carbonyl (C=O) groups is 1. The standard InChI is InChI=1S/C10H10F2O4/c11-7-3-6(4-8(12)5-7)9(10(14)15)16-2-1-13/h3-5,9,13H,1-2H2,(H,14,15). The van der Waals surface area contributed by atoms with Gasteiger partial charge in [-0.1, -0.05) is 0 Å². The predicted octanol–water partition coefficient (Wildman–Crippen LogP) is 1.10. The van der Waals surface area contributed by atoms with E-state index in [1.807, 2.05) is 0 Å². The van der Waals surface area contributed by atoms with Crippen molar-refractivity contribution in [2.45, 2.75) is 6.10 Å². The van der Waals surface area contributed by atoms with E-state index in [9.17, 15) is 13.6 Å². The van der Waals surface area contributed by atoms with Crippen molar-refractivity contribution < 1.29 is 28.5 Å². The van der Waals surface area contributed by atoms with Crippen molar-refractivity contribution in [3.05, 3.63) is 35.4 Å². The molecule has 0 aliphatic rings. The zero-order valence-corrected chi connectivity index (χ0v) is 8.19. The molecule has 0 aromatic heterocycles. The van der Waals surface area contributed by atoms with Crippen LogP contribution in [-0.4, -0.2) is 29.4 Å². The largest absolute Gasteiger partial charge is 0.479 e. The first kappa shape index (κ1) is 12.5. The smallest absolute Gasteiger partial charge is 0.337 e. The fraction of sp³-hybridized carbons (Fsp3) is 0.300. The number of hydrogen-bond donors (Lipinski definition) is 2. The van der Waals surface area contributed by atoms with Gasteiger partial charge in [-0.25, -0.2) is 13.6 Å². The monoisotopic (exact) mass is 232 g/mol. The topological polar surface area (TPSA) is 66.8 Å². The molecule has 88 valence electrons. The zero-order valence-electron chi connectivity index (χ0n) is 8.19. The molecule has 0 bridgehead atoms. The summed E-state index contributed by atoms with van der Waals surface area (Å²) in [6, 6.07) is 2.38. The average molecular weight is 232 g/mol. The normalized spacial score (nSPS) is 12.4. The van der Waals surface area contributed by atoms with Gasteiger partial charge in [0.2, 0.25) is 0 Å². The molecule has 6 heteroatoms. The van der Waals surface area contributed by atoms with E-state index in [0.29, 0.717) is 6.07 Å². The number of aliphatic carboxylic acids is 1. The fourth-order valence-electron chi connectivity index (χ4n) is 1.21. The van der Waals surface area contributed by atoms with Crippen LogP contribution in [-0.2, 0) is 9.53 Å². The van der Waals surface area contributed by atoms with Gasteiger partial charge in [-0.2, -0.15) is 0 Å². The van der Waals surface area contributed by atoms with Crippen LogP contribution in [0.1, 0.15) is 11.7 Å². The summed E-state index contributed by atoms with van der Waals surface area (Å²) in [5.41, 5.74) is -0.140. The molecule has 0 radical (unpaired) electrons. The van der Waals surface area contributed by atoms with Crippen LogP contribution < -0.4 is 0 Å². The summed E-state index contributed by atoms with van der Waals surface area (Å²) in [7, 11) is 0. The summed E-state index contributed by atoms with van der Waals surface area (Å²) in [5, 5.41) is 17.3. The molecule has 16 heavy (non-hydrogen) atoms. The Balaban J connectivity index is 2.96. The van der Waals surface area contributed by atoms with Crippen molar-refractivity contribution >= 4 is 5.97 Å². The van der Waals surface area contributed by atoms with Crippen LogP contribution >= 0.6 is 0 Å². The maximum absolute atomic E-state index is 12.8. The van der Waals surface area contributed by atoms with E-state index in [0.717, 1.165) is 12.1 Å². The van der Waals surface area contributed by atoms with Crippen LogP contribution in [0.3, 0.4) is 0 Å². The lowest BCUT2D eigenvalue weighted by Gasteiger charge is -2.13. The van der Waals surface area contributed by atoms with Gasteiger partial charge in [-0.15, -0.1) is 0 Å². The molecule has 0 saturated carbocycles. The first-order valence-corrected chi connectivity index (χ1v) is 4.46. The second-order valence-electron chi connectivity index (χ2n) is 3.02. The molecule has 1 aromatic carbocycles. The summed E-state index contributed by atoms with van der Waals surface area (Å²) in [6.07, 6.45) is -1.49. The number of ether oxygens (including phenoxy) is 1. The van der Waals surface area contributed by atoms with Crippen molar-refractivity contribution in [3.63, 3.8) is 0 Å². The lowest BCUT2D eigenvalue weighted by atomic mass is 10.1. The maximum Gasteiger partial charge on any atom is 0.337 e. The lowest BCUT2D eigenvalue weighted by molar-refractivity contribution is -0.151. The molecule has 2 N–H and O–H groups in total. The van der Waals surface area contributed by atoms with Gasteiger partial charge in [0.05, 0.1) is 13.2 Å². The van der Waals surface area contributed by atoms with Crippen molar-refractivity contribution in [3.8, 4) is 0 Å². The minimum absolute atomic E-state index is 0.140. The van der Waals surface area contributed by atoms with E-state index in [-0.39, 0.29) is 18.8 Å². The second-order valence-corrected chi connectivity index (χ2v) is 3.02. The van der Waals surface area contributed by atoms with Gasteiger partial charge in [0.1, 0.15) is 11.6 Å². The van der Waals surface area contributed by atoms with E-state index in [4.69, 9.17) is 14.9 Å². The highest BCUT2D eigenvalue weighted by Crippen LogP contribution is 2.20. The highest BCUT2D eigenvalue weighted by molar-refractivity contribution is 5.74. The fourth-order valence-corrected chi connectivity index (χ4v) is 1.21. The second kappa shape index (κ2) is 5.53. The third kappa shape index (κ3) is 3.25. The van der Waals surface area contributed by atoms with E-state index in [2.05, 4.69) is 0 Å². The highest BCUT2D eigenvalue weighted by Gasteiger charge is 2.21. The Bertz CT molecular complexity index is 361. The Morgan fingerprint density at radius 3 is 2.31 bits per heavy atom. The van der Waals surface area contributed by atoms with Crippen LogP contribution in [0.25, 0.3) is 0 Å². The molecule has 4 nitrogen and oxygen atoms in total. The van der Waals surface area contributed by atoms with Gasteiger partial charge >= 0.3 is 5.97 Å². The van der Waals surface area contributed by atoms with E-state index < -0.39 is 23.7 Å². The number of carboxylic acids is 1. The Morgan fingerprint density at radius 2 is 1.88 bits per heavy atom. The number of halogens is 2. The molecule has 1 aromatic rings. The third-order valence-corrected chi connectivity index (χ3v) is 1.79. The van der Waals surface area contributed by atoms with Gasteiger partial charge < -0.3 is 14.9 Å². The summed E-state index contributed by atoms with van der Waals surface area (Å²) in [4.78, 5) is 10.8. The van der Waals surface area contributed by atoms with Gasteiger partial charge in [-0.05, 0) is 17.7 Å². The number of aliphatic hydroxyl groups excluding tert-OH is 1. The molecule has 1 rings (SSSR count). The summed E-state index contributed by atoms with van der Waals surface area (Å²) in [5.74, 6) is -3.14.